The first-order valence-corrected chi connectivity index (χ1v) is 12.4. The molecule has 0 spiro atoms. The zero-order valence-corrected chi connectivity index (χ0v) is 20.5. The van der Waals surface area contributed by atoms with Crippen molar-refractivity contribution in [2.45, 2.75) is 24.3 Å². The summed E-state index contributed by atoms with van der Waals surface area (Å²) in [6.45, 7) is 2.92. The minimum atomic E-state index is -4.53. The molecule has 2 aromatic carbocycles. The average molecular weight is 532 g/mol. The van der Waals surface area contributed by atoms with Crippen LogP contribution in [0.3, 0.4) is 0 Å². The minimum Gasteiger partial charge on any atom is -0.368 e. The minimum absolute atomic E-state index is 0.0776. The van der Waals surface area contributed by atoms with Crippen LogP contribution in [0.2, 0.25) is 5.02 Å². The molecule has 1 fully saturated rings. The van der Waals surface area contributed by atoms with Gasteiger partial charge in [-0.3, -0.25) is 0 Å². The second-order valence-electron chi connectivity index (χ2n) is 7.78. The third kappa shape index (κ3) is 4.78. The number of benzene rings is 2. The summed E-state index contributed by atoms with van der Waals surface area (Å²) in [5, 5.41) is 9.64. The van der Waals surface area contributed by atoms with E-state index in [-0.39, 0.29) is 26.4 Å². The van der Waals surface area contributed by atoms with Gasteiger partial charge in [0.2, 0.25) is 5.82 Å². The largest absolute Gasteiger partial charge is 0.368 e. The number of nitrogens with one attached hydrogen (secondary N) is 2. The fraction of sp³-hybridized carbons (Fsp3) is 0.286. The van der Waals surface area contributed by atoms with Crippen LogP contribution in [0.15, 0.2) is 45.8 Å². The molecular weight excluding hydrogens is 511 g/mol. The Kier molecular flexibility index (Phi) is 6.90. The Labute approximate surface area is 205 Å². The number of aromatic nitrogens is 1. The maximum absolute atomic E-state index is 15.0. The summed E-state index contributed by atoms with van der Waals surface area (Å²) in [5.74, 6) is -1.41. The zero-order valence-electron chi connectivity index (χ0n) is 18.1. The first-order chi connectivity index (χ1) is 16.1. The van der Waals surface area contributed by atoms with E-state index in [1.165, 1.54) is 24.3 Å². The van der Waals surface area contributed by atoms with Gasteiger partial charge in [-0.1, -0.05) is 16.8 Å². The van der Waals surface area contributed by atoms with Crippen molar-refractivity contribution >= 4 is 56.3 Å². The number of anilines is 4. The highest BCUT2D eigenvalue weighted by Crippen LogP contribution is 2.37. The van der Waals surface area contributed by atoms with E-state index in [0.29, 0.717) is 30.2 Å². The molecule has 1 unspecified atom stereocenters. The Morgan fingerprint density at radius 1 is 1.21 bits per heavy atom. The Hall–Kier alpha value is -2.60. The molecule has 34 heavy (non-hydrogen) atoms. The highest BCUT2D eigenvalue weighted by atomic mass is 35.5. The van der Waals surface area contributed by atoms with Crippen molar-refractivity contribution < 1.29 is 21.7 Å². The van der Waals surface area contributed by atoms with Gasteiger partial charge in [-0.25, -0.2) is 8.78 Å². The lowest BCUT2D eigenvalue weighted by atomic mass is 10.2. The lowest BCUT2D eigenvalue weighted by molar-refractivity contribution is 0.399. The van der Waals surface area contributed by atoms with E-state index in [1.807, 2.05) is 11.9 Å². The van der Waals surface area contributed by atoms with Gasteiger partial charge < -0.3 is 20.1 Å². The van der Waals surface area contributed by atoms with E-state index >= 15 is 0 Å². The van der Waals surface area contributed by atoms with Crippen LogP contribution in [-0.4, -0.2) is 39.8 Å². The Balaban J connectivity index is 1.65. The van der Waals surface area contributed by atoms with E-state index in [4.69, 9.17) is 27.9 Å². The van der Waals surface area contributed by atoms with Crippen LogP contribution >= 0.6 is 23.4 Å². The van der Waals surface area contributed by atoms with Crippen LogP contribution in [0.4, 0.5) is 31.7 Å². The van der Waals surface area contributed by atoms with Gasteiger partial charge in [0.05, 0.1) is 22.1 Å². The second kappa shape index (κ2) is 9.57. The molecular formula is C21H21Cl2F2N5O3S. The SMILES string of the molecule is CNC1CCN(c2cc(F)ccc2Nc2cc(F)c(S(=O)(=O)N(Cl)c3cc(C)on3)cc2Cl)C1. The van der Waals surface area contributed by atoms with Gasteiger partial charge in [0.15, 0.2) is 0 Å². The molecule has 1 atom stereocenters. The average Bonchev–Trinajstić information content (AvgIpc) is 3.45. The summed E-state index contributed by atoms with van der Waals surface area (Å²) in [5.41, 5.74) is 1.18. The zero-order chi connectivity index (χ0) is 24.6. The van der Waals surface area contributed by atoms with Gasteiger partial charge in [0.1, 0.15) is 22.3 Å². The molecule has 0 aliphatic carbocycles. The number of sulfonamides is 1. The van der Waals surface area contributed by atoms with Gasteiger partial charge >= 0.3 is 0 Å². The maximum Gasteiger partial charge on any atom is 0.282 e. The summed E-state index contributed by atoms with van der Waals surface area (Å²) in [4.78, 5) is 1.26. The number of halogens is 4. The van der Waals surface area contributed by atoms with Crippen LogP contribution in [-0.2, 0) is 10.0 Å². The fourth-order valence-corrected chi connectivity index (χ4v) is 5.35. The monoisotopic (exact) mass is 531 g/mol. The van der Waals surface area contributed by atoms with Crippen molar-refractivity contribution in [2.24, 2.45) is 0 Å². The summed E-state index contributed by atoms with van der Waals surface area (Å²) < 4.78 is 59.8. The van der Waals surface area contributed by atoms with E-state index in [9.17, 15) is 17.2 Å². The summed E-state index contributed by atoms with van der Waals surface area (Å²) in [6.07, 6.45) is 0.883. The number of rotatable bonds is 7. The smallest absolute Gasteiger partial charge is 0.282 e. The lowest BCUT2D eigenvalue weighted by Crippen LogP contribution is -2.29. The predicted molar refractivity (Wildman–Crippen MR) is 128 cm³/mol. The molecule has 0 bridgehead atoms. The molecule has 0 amide bonds. The first-order valence-electron chi connectivity index (χ1n) is 10.2. The highest BCUT2D eigenvalue weighted by Gasteiger charge is 2.31. The molecule has 4 rings (SSSR count). The second-order valence-corrected chi connectivity index (χ2v) is 10.5. The number of likely N-dealkylation sites (N-methyl/N-ethyl adjacent to an activating group) is 1. The molecule has 1 aromatic heterocycles. The molecule has 1 aliphatic rings. The quantitative estimate of drug-likeness (QED) is 0.423. The Morgan fingerprint density at radius 3 is 2.62 bits per heavy atom. The summed E-state index contributed by atoms with van der Waals surface area (Å²) >= 11 is 12.2. The Morgan fingerprint density at radius 2 is 1.97 bits per heavy atom. The third-order valence-electron chi connectivity index (χ3n) is 5.47. The van der Waals surface area contributed by atoms with Gasteiger partial charge in [-0.15, -0.1) is 0 Å². The fourth-order valence-electron chi connectivity index (χ4n) is 3.70. The van der Waals surface area contributed by atoms with E-state index in [0.717, 1.165) is 18.6 Å². The van der Waals surface area contributed by atoms with Crippen LogP contribution < -0.4 is 19.4 Å². The molecule has 182 valence electrons. The van der Waals surface area contributed by atoms with Crippen molar-refractivity contribution in [3.05, 3.63) is 58.8 Å². The molecule has 0 radical (unpaired) electrons. The van der Waals surface area contributed by atoms with Crippen LogP contribution in [0.1, 0.15) is 12.2 Å². The van der Waals surface area contributed by atoms with Crippen LogP contribution in [0, 0.1) is 18.6 Å². The molecule has 3 aromatic rings. The molecule has 2 heterocycles. The van der Waals surface area contributed by atoms with E-state index < -0.39 is 26.6 Å². The maximum atomic E-state index is 15.0. The first kappa shape index (κ1) is 24.5. The van der Waals surface area contributed by atoms with E-state index in [2.05, 4.69) is 15.8 Å². The number of nitrogens with zero attached hydrogens (tertiary/aromatic N) is 3. The molecule has 2 N–H and O–H groups in total. The number of aryl methyl sites for hydroxylation is 1. The van der Waals surface area contributed by atoms with Gasteiger partial charge in [-0.05, 0) is 44.7 Å². The molecule has 0 saturated carbocycles. The van der Waals surface area contributed by atoms with Crippen molar-refractivity contribution in [1.82, 2.24) is 10.5 Å². The summed E-state index contributed by atoms with van der Waals surface area (Å²) in [6, 6.07) is 7.61. The van der Waals surface area contributed by atoms with E-state index in [1.54, 1.807) is 6.92 Å². The van der Waals surface area contributed by atoms with Crippen molar-refractivity contribution in [3.8, 4) is 0 Å². The van der Waals surface area contributed by atoms with Gasteiger partial charge in [-0.2, -0.15) is 12.2 Å². The third-order valence-corrected chi connectivity index (χ3v) is 7.98. The molecule has 13 heteroatoms. The molecule has 8 nitrogen and oxygen atoms in total. The highest BCUT2D eigenvalue weighted by molar-refractivity contribution is 7.94. The van der Waals surface area contributed by atoms with Crippen molar-refractivity contribution in [1.29, 1.82) is 0 Å². The van der Waals surface area contributed by atoms with Crippen LogP contribution in [0.5, 0.6) is 0 Å². The summed E-state index contributed by atoms with van der Waals surface area (Å²) in [7, 11) is -2.67. The topological polar surface area (TPSA) is 90.7 Å². The predicted octanol–water partition coefficient (Wildman–Crippen LogP) is 4.81. The normalized spacial score (nSPS) is 16.2. The van der Waals surface area contributed by atoms with Gasteiger partial charge in [0, 0.05) is 43.0 Å². The van der Waals surface area contributed by atoms with Gasteiger partial charge in [0.25, 0.3) is 10.0 Å². The Bertz CT molecular complexity index is 1320. The van der Waals surface area contributed by atoms with Crippen molar-refractivity contribution in [3.63, 3.8) is 0 Å². The standard InChI is InChI=1S/C21H21Cl2F2N5O3S/c1-12-7-21(28-33-12)30(23)34(31,32)20-9-15(22)18(10-16(20)25)27-17-4-3-13(24)8-19(17)29-6-5-14(11-29)26-2/h3-4,7-10,14,26-27H,5-6,11H2,1-2H3. The molecule has 1 saturated heterocycles. The number of hydrogen-bond donors (Lipinski definition) is 2. The molecule has 1 aliphatic heterocycles. The lowest BCUT2D eigenvalue weighted by Gasteiger charge is -2.23. The number of hydrogen-bond acceptors (Lipinski definition) is 7. The van der Waals surface area contributed by atoms with Crippen LogP contribution in [0.25, 0.3) is 0 Å². The van der Waals surface area contributed by atoms with Crippen molar-refractivity contribution in [2.75, 3.05) is 34.2 Å².